The van der Waals surface area contributed by atoms with E-state index in [2.05, 4.69) is 19.4 Å². The van der Waals surface area contributed by atoms with Crippen LogP contribution in [-0.4, -0.2) is 41.2 Å². The molecule has 0 aliphatic rings. The fraction of sp³-hybridized carbons (Fsp3) is 0.375. The summed E-state index contributed by atoms with van der Waals surface area (Å²) in [6.45, 7) is 0.993. The molecule has 9 nitrogen and oxygen atoms in total. The first-order valence-corrected chi connectivity index (χ1v) is 14.0. The Labute approximate surface area is 209 Å². The van der Waals surface area contributed by atoms with Gasteiger partial charge in [0.25, 0.3) is 0 Å². The smallest absolute Gasteiger partial charge is 0.241 e. The molecule has 4 rings (SSSR count). The number of nitrogens with two attached hydrogens (primary N) is 1. The normalized spacial score (nSPS) is 11.9. The van der Waals surface area contributed by atoms with Gasteiger partial charge in [0.1, 0.15) is 0 Å². The predicted molar refractivity (Wildman–Crippen MR) is 139 cm³/mol. The van der Waals surface area contributed by atoms with Gasteiger partial charge in [-0.15, -0.1) is 0 Å². The Morgan fingerprint density at radius 1 is 1.03 bits per heavy atom. The van der Waals surface area contributed by atoms with Crippen molar-refractivity contribution in [2.75, 3.05) is 18.4 Å². The van der Waals surface area contributed by atoms with Gasteiger partial charge in [-0.1, -0.05) is 49.2 Å². The summed E-state index contributed by atoms with van der Waals surface area (Å²) in [5.74, 6) is 0.378. The Hall–Kier alpha value is -3.02. The minimum Gasteiger partial charge on any atom is -0.370 e. The van der Waals surface area contributed by atoms with Crippen LogP contribution in [-0.2, 0) is 21.2 Å². The van der Waals surface area contributed by atoms with Gasteiger partial charge >= 0.3 is 0 Å². The molecule has 11 heteroatoms. The van der Waals surface area contributed by atoms with Gasteiger partial charge in [-0.3, -0.25) is 9.20 Å². The van der Waals surface area contributed by atoms with E-state index in [-0.39, 0.29) is 13.0 Å². The number of aryl methyl sites for hydroxylation is 1. The number of rotatable bonds is 14. The molecule has 2 heterocycles. The van der Waals surface area contributed by atoms with Gasteiger partial charge in [-0.25, -0.2) is 18.1 Å². The zero-order valence-corrected chi connectivity index (χ0v) is 21.1. The zero-order valence-electron chi connectivity index (χ0n) is 19.4. The lowest BCUT2D eigenvalue weighted by molar-refractivity contribution is -0.118. The number of sulfonamides is 1. The van der Waals surface area contributed by atoms with Gasteiger partial charge in [0, 0.05) is 48.8 Å². The lowest BCUT2D eigenvalue weighted by atomic mass is 10.0. The van der Waals surface area contributed by atoms with Crippen LogP contribution >= 0.6 is 11.5 Å². The number of hydrogen-bond acceptors (Lipinski definition) is 7. The summed E-state index contributed by atoms with van der Waals surface area (Å²) in [7, 11) is -3.73. The summed E-state index contributed by atoms with van der Waals surface area (Å²) >= 11 is 1.37. The number of imidazole rings is 1. The third kappa shape index (κ3) is 6.36. The van der Waals surface area contributed by atoms with Crippen molar-refractivity contribution in [1.82, 2.24) is 18.5 Å². The second kappa shape index (κ2) is 11.6. The number of fused-ring (bicyclic) bond motifs is 2. The van der Waals surface area contributed by atoms with Gasteiger partial charge in [0.15, 0.2) is 0 Å². The van der Waals surface area contributed by atoms with Crippen molar-refractivity contribution >= 4 is 49.1 Å². The number of nitrogens with zero attached hydrogens (tertiary/aromatic N) is 3. The van der Waals surface area contributed by atoms with E-state index in [1.54, 1.807) is 6.20 Å². The minimum atomic E-state index is -3.73. The van der Waals surface area contributed by atoms with Crippen LogP contribution in [0.5, 0.6) is 0 Å². The molecule has 2 aromatic carbocycles. The number of aromatic nitrogens is 3. The molecular formula is C24H30N6O3S2. The zero-order chi connectivity index (χ0) is 24.7. The Morgan fingerprint density at radius 2 is 1.86 bits per heavy atom. The first kappa shape index (κ1) is 25.1. The fourth-order valence-electron chi connectivity index (χ4n) is 4.10. The van der Waals surface area contributed by atoms with Crippen molar-refractivity contribution in [2.24, 2.45) is 5.73 Å². The molecule has 1 amide bonds. The number of unbranched alkanes of at least 4 members (excludes halogenated alkanes) is 3. The van der Waals surface area contributed by atoms with E-state index in [0.717, 1.165) is 54.1 Å². The third-order valence-corrected chi connectivity index (χ3v) is 8.16. The molecule has 4 aromatic rings. The van der Waals surface area contributed by atoms with Gasteiger partial charge in [-0.05, 0) is 36.6 Å². The number of nitrogens with one attached hydrogen (secondary N) is 2. The number of hydrogen-bond donors (Lipinski definition) is 3. The molecule has 0 fully saturated rings. The topological polar surface area (TPSA) is 131 Å². The number of carbonyl (C=O) groups is 1. The average molecular weight is 515 g/mol. The van der Waals surface area contributed by atoms with Crippen molar-refractivity contribution in [2.45, 2.75) is 49.8 Å². The molecule has 0 atom stereocenters. The maximum Gasteiger partial charge on any atom is 0.241 e. The molecule has 0 aliphatic carbocycles. The lowest BCUT2D eigenvalue weighted by Gasteiger charge is -2.15. The quantitative estimate of drug-likeness (QED) is 0.220. The van der Waals surface area contributed by atoms with Crippen LogP contribution in [0.1, 0.15) is 44.1 Å². The van der Waals surface area contributed by atoms with Crippen molar-refractivity contribution in [1.29, 1.82) is 0 Å². The lowest BCUT2D eigenvalue weighted by Crippen LogP contribution is -2.27. The van der Waals surface area contributed by atoms with Crippen LogP contribution in [0.4, 0.5) is 5.95 Å². The van der Waals surface area contributed by atoms with E-state index in [4.69, 9.17) is 5.73 Å². The number of anilines is 1. The minimum absolute atomic E-state index is 0.148. The molecular weight excluding hydrogens is 484 g/mol. The van der Waals surface area contributed by atoms with E-state index in [1.807, 2.05) is 47.0 Å². The molecule has 0 saturated heterocycles. The maximum atomic E-state index is 13.2. The highest BCUT2D eigenvalue weighted by Crippen LogP contribution is 2.28. The van der Waals surface area contributed by atoms with Crippen molar-refractivity contribution < 1.29 is 13.2 Å². The molecule has 2 aromatic heterocycles. The molecule has 0 bridgehead atoms. The summed E-state index contributed by atoms with van der Waals surface area (Å²) in [5, 5.41) is 4.95. The standard InChI is InChI=1S/C24H30N6O3S2/c25-21(31)11-7-15-28-35(32,33)22-19(13-12-18-8-4-5-10-20(18)22)9-3-1-2-6-14-26-23-29-34-24-27-16-17-30(23)24/h4-5,8,10,12-13,16-17,28H,1-3,6-7,9,11,14-15H2,(H2,25,31)(H,26,29). The average Bonchev–Trinajstić information content (AvgIpc) is 3.45. The summed E-state index contributed by atoms with van der Waals surface area (Å²) in [4.78, 5) is 16.4. The van der Waals surface area contributed by atoms with E-state index in [1.165, 1.54) is 11.5 Å². The number of carbonyl (C=O) groups excluding carboxylic acids is 1. The first-order valence-electron chi connectivity index (χ1n) is 11.8. The van der Waals surface area contributed by atoms with E-state index >= 15 is 0 Å². The van der Waals surface area contributed by atoms with Crippen LogP contribution in [0, 0.1) is 0 Å². The largest absolute Gasteiger partial charge is 0.370 e. The molecule has 0 unspecified atom stereocenters. The first-order chi connectivity index (χ1) is 17.0. The van der Waals surface area contributed by atoms with Gasteiger partial charge in [0.05, 0.1) is 4.90 Å². The van der Waals surface area contributed by atoms with E-state index < -0.39 is 15.9 Å². The summed E-state index contributed by atoms with van der Waals surface area (Å²) in [6, 6.07) is 11.4. The highest BCUT2D eigenvalue weighted by molar-refractivity contribution is 7.89. The molecule has 0 radical (unpaired) electrons. The van der Waals surface area contributed by atoms with Crippen molar-refractivity contribution in [3.63, 3.8) is 0 Å². The summed E-state index contributed by atoms with van der Waals surface area (Å²) in [6.07, 6.45) is 8.77. The van der Waals surface area contributed by atoms with E-state index in [9.17, 15) is 13.2 Å². The van der Waals surface area contributed by atoms with Crippen LogP contribution in [0.15, 0.2) is 53.7 Å². The highest BCUT2D eigenvalue weighted by atomic mass is 32.2. The van der Waals surface area contributed by atoms with E-state index in [0.29, 0.717) is 23.1 Å². The number of benzene rings is 2. The number of primary amides is 1. The SMILES string of the molecule is NC(=O)CCCNS(=O)(=O)c1c(CCCCCCNc2nsc3nccn23)ccc2ccccc12. The third-order valence-electron chi connectivity index (χ3n) is 5.83. The van der Waals surface area contributed by atoms with Crippen LogP contribution in [0.3, 0.4) is 0 Å². The molecule has 186 valence electrons. The molecule has 0 saturated carbocycles. The van der Waals surface area contributed by atoms with Crippen LogP contribution in [0.2, 0.25) is 0 Å². The van der Waals surface area contributed by atoms with Gasteiger partial charge in [0.2, 0.25) is 26.8 Å². The Balaban J connectivity index is 1.33. The number of amides is 1. The second-order valence-electron chi connectivity index (χ2n) is 8.42. The Morgan fingerprint density at radius 3 is 2.71 bits per heavy atom. The summed E-state index contributed by atoms with van der Waals surface area (Å²) in [5.41, 5.74) is 5.98. The van der Waals surface area contributed by atoms with Crippen molar-refractivity contribution in [3.05, 3.63) is 54.4 Å². The maximum absolute atomic E-state index is 13.2. The van der Waals surface area contributed by atoms with Gasteiger partial charge in [-0.2, -0.15) is 4.37 Å². The van der Waals surface area contributed by atoms with Crippen molar-refractivity contribution in [3.8, 4) is 0 Å². The Kier molecular flexibility index (Phi) is 8.32. The van der Waals surface area contributed by atoms with Crippen LogP contribution < -0.4 is 15.8 Å². The predicted octanol–water partition coefficient (Wildman–Crippen LogP) is 3.70. The van der Waals surface area contributed by atoms with Crippen LogP contribution in [0.25, 0.3) is 15.7 Å². The molecule has 0 aliphatic heterocycles. The second-order valence-corrected chi connectivity index (χ2v) is 10.9. The summed E-state index contributed by atoms with van der Waals surface area (Å²) < 4.78 is 35.4. The molecule has 35 heavy (non-hydrogen) atoms. The Bertz CT molecular complexity index is 1400. The molecule has 4 N–H and O–H groups in total. The molecule has 0 spiro atoms. The monoisotopic (exact) mass is 514 g/mol. The van der Waals surface area contributed by atoms with Gasteiger partial charge < -0.3 is 11.1 Å². The fourth-order valence-corrected chi connectivity index (χ4v) is 6.31. The highest BCUT2D eigenvalue weighted by Gasteiger charge is 2.21.